The Labute approximate surface area is 160 Å². The molecule has 6 nitrogen and oxygen atoms in total. The SMILES string of the molecule is Cc1nc(C(C)(C)NC(=O)CNC(=O)[C@@H](N)C(C)C)sc1C.Cl.Cl. The third-order valence-electron chi connectivity index (χ3n) is 3.46. The largest absolute Gasteiger partial charge is 0.346 e. The van der Waals surface area contributed by atoms with Crippen LogP contribution in [0, 0.1) is 19.8 Å². The smallest absolute Gasteiger partial charge is 0.240 e. The molecule has 9 heteroatoms. The van der Waals surface area contributed by atoms with E-state index in [4.69, 9.17) is 5.73 Å². The second-order valence-electron chi connectivity index (χ2n) is 6.32. The van der Waals surface area contributed by atoms with Crippen molar-refractivity contribution in [3.8, 4) is 0 Å². The van der Waals surface area contributed by atoms with E-state index >= 15 is 0 Å². The van der Waals surface area contributed by atoms with Gasteiger partial charge in [0.1, 0.15) is 5.01 Å². The minimum absolute atomic E-state index is 0. The van der Waals surface area contributed by atoms with E-state index in [2.05, 4.69) is 15.6 Å². The number of nitrogens with two attached hydrogens (primary N) is 1. The molecular weight excluding hydrogens is 371 g/mol. The maximum absolute atomic E-state index is 12.0. The monoisotopic (exact) mass is 398 g/mol. The van der Waals surface area contributed by atoms with Gasteiger partial charge in [-0.1, -0.05) is 13.8 Å². The maximum atomic E-state index is 12.0. The highest BCUT2D eigenvalue weighted by Gasteiger charge is 2.27. The van der Waals surface area contributed by atoms with Crippen LogP contribution in [0.1, 0.15) is 43.3 Å². The van der Waals surface area contributed by atoms with Crippen molar-refractivity contribution in [3.63, 3.8) is 0 Å². The Kier molecular flexibility index (Phi) is 10.8. The van der Waals surface area contributed by atoms with Gasteiger partial charge in [-0.2, -0.15) is 0 Å². The van der Waals surface area contributed by atoms with Gasteiger partial charge in [-0.25, -0.2) is 4.98 Å². The van der Waals surface area contributed by atoms with Crippen LogP contribution in [0.25, 0.3) is 0 Å². The Morgan fingerprint density at radius 1 is 1.25 bits per heavy atom. The van der Waals surface area contributed by atoms with Gasteiger partial charge in [0.05, 0.1) is 23.8 Å². The fourth-order valence-corrected chi connectivity index (χ4v) is 2.75. The number of aryl methyl sites for hydroxylation is 2. The zero-order chi connectivity index (χ0) is 17.1. The summed E-state index contributed by atoms with van der Waals surface area (Å²) in [5.41, 5.74) is 6.12. The minimum atomic E-state index is -0.606. The molecule has 0 aliphatic rings. The van der Waals surface area contributed by atoms with Crippen LogP contribution in [0.5, 0.6) is 0 Å². The van der Waals surface area contributed by atoms with E-state index in [1.54, 1.807) is 11.3 Å². The molecule has 0 unspecified atom stereocenters. The zero-order valence-electron chi connectivity index (χ0n) is 14.9. The first-order valence-electron chi connectivity index (χ1n) is 7.33. The van der Waals surface area contributed by atoms with Gasteiger partial charge in [-0.15, -0.1) is 36.2 Å². The number of nitrogens with one attached hydrogen (secondary N) is 2. The quantitative estimate of drug-likeness (QED) is 0.682. The number of rotatable bonds is 6. The van der Waals surface area contributed by atoms with E-state index in [1.807, 2.05) is 41.5 Å². The summed E-state index contributed by atoms with van der Waals surface area (Å²) in [5.74, 6) is -0.551. The van der Waals surface area contributed by atoms with Gasteiger partial charge in [-0.05, 0) is 33.6 Å². The average molecular weight is 399 g/mol. The molecule has 140 valence electrons. The lowest BCUT2D eigenvalue weighted by Crippen LogP contribution is -2.50. The Hall–Kier alpha value is -0.890. The highest BCUT2D eigenvalue weighted by molar-refractivity contribution is 7.11. The Bertz CT molecular complexity index is 542. The van der Waals surface area contributed by atoms with Crippen molar-refractivity contribution in [1.82, 2.24) is 15.6 Å². The normalized spacial score (nSPS) is 12.0. The third kappa shape index (κ3) is 6.93. The fourth-order valence-electron chi connectivity index (χ4n) is 1.77. The van der Waals surface area contributed by atoms with Crippen LogP contribution in [0.15, 0.2) is 0 Å². The van der Waals surface area contributed by atoms with Crippen LogP contribution in [0.4, 0.5) is 0 Å². The number of aromatic nitrogens is 1. The summed E-state index contributed by atoms with van der Waals surface area (Å²) in [7, 11) is 0. The van der Waals surface area contributed by atoms with Gasteiger partial charge in [0.25, 0.3) is 0 Å². The molecule has 0 saturated carbocycles. The second-order valence-corrected chi connectivity index (χ2v) is 7.52. The molecule has 2 amide bonds. The summed E-state index contributed by atoms with van der Waals surface area (Å²) < 4.78 is 0. The minimum Gasteiger partial charge on any atom is -0.346 e. The summed E-state index contributed by atoms with van der Waals surface area (Å²) in [5, 5.41) is 6.30. The molecule has 0 aliphatic heterocycles. The molecular formula is C15H28Cl2N4O2S. The van der Waals surface area contributed by atoms with Crippen LogP contribution in [0.2, 0.25) is 0 Å². The predicted octanol–water partition coefficient (Wildman–Crippen LogP) is 2.05. The number of carbonyl (C=O) groups excluding carboxylic acids is 2. The Morgan fingerprint density at radius 2 is 1.79 bits per heavy atom. The summed E-state index contributed by atoms with van der Waals surface area (Å²) in [4.78, 5) is 29.4. The van der Waals surface area contributed by atoms with Gasteiger partial charge in [-0.3, -0.25) is 9.59 Å². The van der Waals surface area contributed by atoms with Crippen molar-refractivity contribution in [1.29, 1.82) is 0 Å². The Morgan fingerprint density at radius 3 is 2.21 bits per heavy atom. The van der Waals surface area contributed by atoms with E-state index in [0.29, 0.717) is 0 Å². The summed E-state index contributed by atoms with van der Waals surface area (Å²) in [6.07, 6.45) is 0. The highest BCUT2D eigenvalue weighted by Crippen LogP contribution is 2.26. The topological polar surface area (TPSA) is 97.1 Å². The summed E-state index contributed by atoms with van der Waals surface area (Å²) in [6.45, 7) is 11.4. The lowest BCUT2D eigenvalue weighted by Gasteiger charge is -2.24. The van der Waals surface area contributed by atoms with E-state index < -0.39 is 11.6 Å². The Balaban J connectivity index is 0. The lowest BCUT2D eigenvalue weighted by atomic mass is 10.1. The zero-order valence-corrected chi connectivity index (χ0v) is 17.4. The fraction of sp³-hybridized carbons (Fsp3) is 0.667. The maximum Gasteiger partial charge on any atom is 0.240 e. The molecule has 1 aromatic heterocycles. The van der Waals surface area contributed by atoms with Gasteiger partial charge >= 0.3 is 0 Å². The van der Waals surface area contributed by atoms with Crippen molar-refractivity contribution < 1.29 is 9.59 Å². The molecule has 0 bridgehead atoms. The van der Waals surface area contributed by atoms with E-state index in [9.17, 15) is 9.59 Å². The van der Waals surface area contributed by atoms with Crippen LogP contribution < -0.4 is 16.4 Å². The van der Waals surface area contributed by atoms with Gasteiger partial charge in [0.2, 0.25) is 11.8 Å². The first-order chi connectivity index (χ1) is 10.0. The number of amides is 2. The first-order valence-corrected chi connectivity index (χ1v) is 8.15. The second kappa shape index (κ2) is 10.2. The van der Waals surface area contributed by atoms with Crippen molar-refractivity contribution in [2.24, 2.45) is 11.7 Å². The molecule has 0 saturated heterocycles. The highest BCUT2D eigenvalue weighted by atomic mass is 35.5. The molecule has 0 aliphatic carbocycles. The van der Waals surface area contributed by atoms with Crippen LogP contribution in [-0.2, 0) is 15.1 Å². The van der Waals surface area contributed by atoms with Crippen LogP contribution in [-0.4, -0.2) is 29.4 Å². The number of hydrogen-bond acceptors (Lipinski definition) is 5. The van der Waals surface area contributed by atoms with E-state index in [-0.39, 0.29) is 49.1 Å². The predicted molar refractivity (Wildman–Crippen MR) is 103 cm³/mol. The van der Waals surface area contributed by atoms with Crippen molar-refractivity contribution >= 4 is 48.0 Å². The molecule has 1 heterocycles. The number of halogens is 2. The molecule has 1 aromatic rings. The van der Waals surface area contributed by atoms with Gasteiger partial charge in [0.15, 0.2) is 0 Å². The summed E-state index contributed by atoms with van der Waals surface area (Å²) in [6, 6.07) is -0.606. The first kappa shape index (κ1) is 25.4. The molecule has 4 N–H and O–H groups in total. The summed E-state index contributed by atoms with van der Waals surface area (Å²) >= 11 is 1.56. The number of nitrogens with zero attached hydrogens (tertiary/aromatic N) is 1. The van der Waals surface area contributed by atoms with Crippen LogP contribution in [0.3, 0.4) is 0 Å². The molecule has 0 spiro atoms. The molecule has 0 fully saturated rings. The van der Waals surface area contributed by atoms with Gasteiger partial charge < -0.3 is 16.4 Å². The van der Waals surface area contributed by atoms with Crippen molar-refractivity contribution in [2.45, 2.75) is 53.1 Å². The lowest BCUT2D eigenvalue weighted by molar-refractivity contribution is -0.128. The molecule has 1 atom stereocenters. The standard InChI is InChI=1S/C15H26N4O2S.2ClH/c1-8(2)12(16)13(21)17-7-11(20)19-15(5,6)14-18-9(3)10(4)22-14;;/h8,12H,7,16H2,1-6H3,(H,17,21)(H,19,20);2*1H/t12-;;/m0../s1. The molecule has 24 heavy (non-hydrogen) atoms. The number of carbonyl (C=O) groups is 2. The number of thiazole rings is 1. The van der Waals surface area contributed by atoms with Crippen molar-refractivity contribution in [3.05, 3.63) is 15.6 Å². The molecule has 0 aromatic carbocycles. The van der Waals surface area contributed by atoms with Gasteiger partial charge in [0, 0.05) is 4.88 Å². The average Bonchev–Trinajstić information content (AvgIpc) is 2.75. The van der Waals surface area contributed by atoms with E-state index in [0.717, 1.165) is 15.6 Å². The number of hydrogen-bond donors (Lipinski definition) is 3. The van der Waals surface area contributed by atoms with Crippen molar-refractivity contribution in [2.75, 3.05) is 6.54 Å². The third-order valence-corrected chi connectivity index (χ3v) is 4.86. The molecule has 1 rings (SSSR count). The van der Waals surface area contributed by atoms with Crippen LogP contribution >= 0.6 is 36.2 Å². The molecule has 0 radical (unpaired) electrons. The van der Waals surface area contributed by atoms with E-state index in [1.165, 1.54) is 0 Å².